The van der Waals surface area contributed by atoms with Gasteiger partial charge in [0.15, 0.2) is 6.23 Å². The number of quaternary nitrogens is 1. The van der Waals surface area contributed by atoms with Crippen molar-refractivity contribution < 1.29 is 32.5 Å². The van der Waals surface area contributed by atoms with Crippen molar-refractivity contribution in [3.05, 3.63) is 0 Å². The number of phosphoric ester groups is 1. The van der Waals surface area contributed by atoms with E-state index in [4.69, 9.17) is 13.8 Å². The molecule has 0 saturated heterocycles. The van der Waals surface area contributed by atoms with E-state index in [1.54, 1.807) is 13.8 Å². The molecule has 222 valence electrons. The van der Waals surface area contributed by atoms with Crippen LogP contribution in [0.5, 0.6) is 0 Å². The Labute approximate surface area is 228 Å². The second-order valence-electron chi connectivity index (χ2n) is 11.2. The first kappa shape index (κ1) is 36.5. The Morgan fingerprint density at radius 3 is 1.73 bits per heavy atom. The van der Waals surface area contributed by atoms with Gasteiger partial charge in [0.2, 0.25) is 5.91 Å². The summed E-state index contributed by atoms with van der Waals surface area (Å²) in [6.07, 6.45) is 17.6. The quantitative estimate of drug-likeness (QED) is 0.0586. The van der Waals surface area contributed by atoms with Gasteiger partial charge in [-0.2, -0.15) is 0 Å². The van der Waals surface area contributed by atoms with E-state index in [-0.39, 0.29) is 12.5 Å². The summed E-state index contributed by atoms with van der Waals surface area (Å²) in [5.41, 5.74) is 0. The van der Waals surface area contributed by atoms with Crippen molar-refractivity contribution in [1.82, 2.24) is 5.32 Å². The third-order valence-electron chi connectivity index (χ3n) is 6.42. The van der Waals surface area contributed by atoms with Crippen LogP contribution in [0.3, 0.4) is 0 Å². The number of rotatable bonds is 26. The van der Waals surface area contributed by atoms with Gasteiger partial charge >= 0.3 is 0 Å². The second-order valence-corrected chi connectivity index (χ2v) is 12.6. The zero-order valence-corrected chi connectivity index (χ0v) is 25.8. The SMILES string of the molecule is CCCCCCCCCCCCCCCCCC(=O)NC(OP(=O)([O-])OCC[N+](C)(C)C)C(C)OCC. The van der Waals surface area contributed by atoms with Gasteiger partial charge in [-0.05, 0) is 20.3 Å². The predicted octanol–water partition coefficient (Wildman–Crippen LogP) is 6.32. The molecule has 0 fully saturated rings. The van der Waals surface area contributed by atoms with Crippen molar-refractivity contribution in [3.8, 4) is 0 Å². The summed E-state index contributed by atoms with van der Waals surface area (Å²) in [6, 6.07) is 0. The summed E-state index contributed by atoms with van der Waals surface area (Å²) in [7, 11) is 1.24. The van der Waals surface area contributed by atoms with Crippen LogP contribution in [0.2, 0.25) is 0 Å². The average molecular weight is 551 g/mol. The van der Waals surface area contributed by atoms with E-state index in [0.29, 0.717) is 24.1 Å². The molecule has 0 saturated carbocycles. The molecule has 1 amide bonds. The van der Waals surface area contributed by atoms with Crippen molar-refractivity contribution in [2.45, 2.75) is 136 Å². The van der Waals surface area contributed by atoms with E-state index in [1.165, 1.54) is 77.0 Å². The summed E-state index contributed by atoms with van der Waals surface area (Å²) < 4.78 is 28.5. The first-order valence-corrected chi connectivity index (χ1v) is 16.3. The lowest BCUT2D eigenvalue weighted by Gasteiger charge is -2.32. The molecule has 0 aliphatic rings. The Morgan fingerprint density at radius 1 is 0.838 bits per heavy atom. The van der Waals surface area contributed by atoms with Gasteiger partial charge in [-0.15, -0.1) is 0 Å². The van der Waals surface area contributed by atoms with Gasteiger partial charge in [0.25, 0.3) is 7.82 Å². The molecule has 0 radical (unpaired) electrons. The molecule has 0 rings (SSSR count). The average Bonchev–Trinajstić information content (AvgIpc) is 2.80. The number of hydrogen-bond acceptors (Lipinski definition) is 6. The molecule has 3 unspecified atom stereocenters. The molecular weight excluding hydrogens is 491 g/mol. The van der Waals surface area contributed by atoms with E-state index in [0.717, 1.165) is 19.3 Å². The van der Waals surface area contributed by atoms with Crippen LogP contribution in [-0.2, 0) is 23.1 Å². The Hall–Kier alpha value is -0.500. The molecule has 8 nitrogen and oxygen atoms in total. The lowest BCUT2D eigenvalue weighted by Crippen LogP contribution is -2.45. The van der Waals surface area contributed by atoms with Crippen LogP contribution < -0.4 is 10.2 Å². The maximum Gasteiger partial charge on any atom is 0.270 e. The summed E-state index contributed by atoms with van der Waals surface area (Å²) in [5, 5.41) is 2.67. The molecule has 0 spiro atoms. The fourth-order valence-electron chi connectivity index (χ4n) is 4.06. The number of nitrogens with one attached hydrogen (secondary N) is 1. The third kappa shape index (κ3) is 24.3. The van der Waals surface area contributed by atoms with Crippen LogP contribution in [0.25, 0.3) is 0 Å². The van der Waals surface area contributed by atoms with Crippen LogP contribution in [-0.4, -0.2) is 63.6 Å². The van der Waals surface area contributed by atoms with E-state index in [9.17, 15) is 14.3 Å². The molecule has 37 heavy (non-hydrogen) atoms. The van der Waals surface area contributed by atoms with Gasteiger partial charge < -0.3 is 24.0 Å². The number of phosphoric acid groups is 1. The molecular formula is C28H59N2O6P. The van der Waals surface area contributed by atoms with Crippen molar-refractivity contribution in [2.75, 3.05) is 40.9 Å². The normalized spacial score (nSPS) is 15.3. The maximum absolute atomic E-state index is 12.4. The van der Waals surface area contributed by atoms with Gasteiger partial charge in [-0.3, -0.25) is 13.9 Å². The van der Waals surface area contributed by atoms with E-state index < -0.39 is 20.2 Å². The predicted molar refractivity (Wildman–Crippen MR) is 150 cm³/mol. The molecule has 0 aliphatic carbocycles. The molecule has 3 atom stereocenters. The Balaban J connectivity index is 4.04. The maximum atomic E-state index is 12.4. The number of amides is 1. The lowest BCUT2D eigenvalue weighted by atomic mass is 10.0. The highest BCUT2D eigenvalue weighted by Crippen LogP contribution is 2.40. The summed E-state index contributed by atoms with van der Waals surface area (Å²) in [4.78, 5) is 24.7. The number of ether oxygens (including phenoxy) is 1. The monoisotopic (exact) mass is 550 g/mol. The van der Waals surface area contributed by atoms with Gasteiger partial charge in [-0.1, -0.05) is 96.8 Å². The number of carbonyl (C=O) groups excluding carboxylic acids is 1. The fraction of sp³-hybridized carbons (Fsp3) is 0.964. The standard InChI is InChI=1S/C28H59N2O6P/c1-7-9-10-11-12-13-14-15-16-17-18-19-20-21-22-23-27(31)29-28(26(3)34-8-2)36-37(32,33)35-25-24-30(4,5)6/h26,28H,7-25H2,1-6H3,(H-,29,31,32,33). The molecule has 0 aromatic heterocycles. The molecule has 0 aliphatic heterocycles. The lowest BCUT2D eigenvalue weighted by molar-refractivity contribution is -0.870. The highest BCUT2D eigenvalue weighted by Gasteiger charge is 2.26. The molecule has 1 N–H and O–H groups in total. The Morgan fingerprint density at radius 2 is 1.30 bits per heavy atom. The van der Waals surface area contributed by atoms with E-state index >= 15 is 0 Å². The highest BCUT2D eigenvalue weighted by molar-refractivity contribution is 7.45. The zero-order valence-electron chi connectivity index (χ0n) is 24.9. The summed E-state index contributed by atoms with van der Waals surface area (Å²) in [6.45, 7) is 6.63. The Bertz CT molecular complexity index is 600. The van der Waals surface area contributed by atoms with Crippen molar-refractivity contribution in [2.24, 2.45) is 0 Å². The molecule has 0 heterocycles. The number of unbranched alkanes of at least 4 members (excludes halogenated alkanes) is 14. The number of nitrogens with zero attached hydrogens (tertiary/aromatic N) is 1. The zero-order chi connectivity index (χ0) is 28.0. The first-order valence-electron chi connectivity index (χ1n) is 14.9. The minimum Gasteiger partial charge on any atom is -0.756 e. The van der Waals surface area contributed by atoms with Gasteiger partial charge in [0.1, 0.15) is 13.2 Å². The van der Waals surface area contributed by atoms with E-state index in [2.05, 4.69) is 12.2 Å². The minimum atomic E-state index is -4.59. The van der Waals surface area contributed by atoms with Crippen LogP contribution in [0.15, 0.2) is 0 Å². The van der Waals surface area contributed by atoms with Gasteiger partial charge in [0.05, 0.1) is 27.2 Å². The third-order valence-corrected chi connectivity index (χ3v) is 7.40. The van der Waals surface area contributed by atoms with Crippen molar-refractivity contribution >= 4 is 13.7 Å². The van der Waals surface area contributed by atoms with E-state index in [1.807, 2.05) is 21.1 Å². The molecule has 9 heteroatoms. The second kappa shape index (κ2) is 22.3. The molecule has 0 bridgehead atoms. The number of carbonyl (C=O) groups is 1. The minimum absolute atomic E-state index is 0.00703. The molecule has 0 aromatic rings. The topological polar surface area (TPSA) is 96.9 Å². The smallest absolute Gasteiger partial charge is 0.270 e. The summed E-state index contributed by atoms with van der Waals surface area (Å²) >= 11 is 0. The first-order chi connectivity index (χ1) is 17.5. The van der Waals surface area contributed by atoms with Crippen LogP contribution >= 0.6 is 7.82 Å². The number of likely N-dealkylation sites (N-methyl/N-ethyl adjacent to an activating group) is 1. The van der Waals surface area contributed by atoms with Crippen molar-refractivity contribution in [3.63, 3.8) is 0 Å². The van der Waals surface area contributed by atoms with Crippen LogP contribution in [0, 0.1) is 0 Å². The van der Waals surface area contributed by atoms with Crippen LogP contribution in [0.4, 0.5) is 0 Å². The fourth-order valence-corrected chi connectivity index (χ4v) is 4.93. The van der Waals surface area contributed by atoms with Crippen molar-refractivity contribution in [1.29, 1.82) is 0 Å². The van der Waals surface area contributed by atoms with Crippen LogP contribution in [0.1, 0.15) is 124 Å². The number of hydrogen-bond donors (Lipinski definition) is 1. The largest absolute Gasteiger partial charge is 0.756 e. The highest BCUT2D eigenvalue weighted by atomic mass is 31.2. The molecule has 0 aromatic carbocycles. The Kier molecular flexibility index (Phi) is 22.0. The van der Waals surface area contributed by atoms with Gasteiger partial charge in [-0.25, -0.2) is 0 Å². The van der Waals surface area contributed by atoms with Gasteiger partial charge in [0, 0.05) is 13.0 Å². The summed E-state index contributed by atoms with van der Waals surface area (Å²) in [5.74, 6) is -0.238.